The van der Waals surface area contributed by atoms with Crippen LogP contribution in [-0.2, 0) is 16.0 Å². The first-order valence-electron chi connectivity index (χ1n) is 5.33. The summed E-state index contributed by atoms with van der Waals surface area (Å²) in [7, 11) is 0. The minimum absolute atomic E-state index is 0.0261. The standard InChI is InChI=1S/C11H16IN3O2/c1-8(16)11(2,3)15(12)10(17)5-4-9-6-13-7-14-9/h6-7H,4-5H2,1-3H3,(H,13,14). The van der Waals surface area contributed by atoms with E-state index >= 15 is 0 Å². The molecule has 0 saturated carbocycles. The summed E-state index contributed by atoms with van der Waals surface area (Å²) >= 11 is 1.90. The fraction of sp³-hybridized carbons (Fsp3) is 0.545. The van der Waals surface area contributed by atoms with Crippen molar-refractivity contribution in [2.75, 3.05) is 0 Å². The van der Waals surface area contributed by atoms with Crippen molar-refractivity contribution in [3.63, 3.8) is 0 Å². The Morgan fingerprint density at radius 2 is 2.18 bits per heavy atom. The van der Waals surface area contributed by atoms with E-state index in [1.165, 1.54) is 10.0 Å². The molecular weight excluding hydrogens is 333 g/mol. The van der Waals surface area contributed by atoms with Gasteiger partial charge >= 0.3 is 0 Å². The number of nitrogens with one attached hydrogen (secondary N) is 1. The summed E-state index contributed by atoms with van der Waals surface area (Å²) in [5, 5.41) is 0. The molecule has 0 radical (unpaired) electrons. The third kappa shape index (κ3) is 3.52. The first-order valence-corrected chi connectivity index (χ1v) is 6.29. The molecule has 94 valence electrons. The minimum atomic E-state index is -0.758. The second-order valence-electron chi connectivity index (χ2n) is 4.37. The number of aromatic amines is 1. The normalized spacial score (nSPS) is 11.3. The average molecular weight is 349 g/mol. The lowest BCUT2D eigenvalue weighted by Crippen LogP contribution is -2.46. The maximum absolute atomic E-state index is 11.9. The molecule has 0 spiro atoms. The van der Waals surface area contributed by atoms with Crippen LogP contribution in [0.4, 0.5) is 0 Å². The molecule has 1 aromatic heterocycles. The Balaban J connectivity index is 2.56. The van der Waals surface area contributed by atoms with Crippen LogP contribution in [0, 0.1) is 0 Å². The molecule has 0 bridgehead atoms. The van der Waals surface area contributed by atoms with E-state index in [9.17, 15) is 9.59 Å². The Labute approximate surface area is 114 Å². The number of hydrogen-bond acceptors (Lipinski definition) is 3. The van der Waals surface area contributed by atoms with E-state index in [1.807, 2.05) is 22.9 Å². The Kier molecular flexibility index (Phi) is 4.67. The third-order valence-corrected chi connectivity index (χ3v) is 4.48. The topological polar surface area (TPSA) is 66.1 Å². The summed E-state index contributed by atoms with van der Waals surface area (Å²) in [4.78, 5) is 30.2. The van der Waals surface area contributed by atoms with E-state index < -0.39 is 5.54 Å². The molecule has 0 saturated heterocycles. The van der Waals surface area contributed by atoms with Crippen molar-refractivity contribution in [1.82, 2.24) is 13.1 Å². The van der Waals surface area contributed by atoms with Gasteiger partial charge in [0.25, 0.3) is 0 Å². The Hall–Kier alpha value is -0.920. The van der Waals surface area contributed by atoms with Gasteiger partial charge in [-0.15, -0.1) is 0 Å². The number of halogens is 1. The Bertz CT molecular complexity index is 401. The number of Topliss-reactive ketones (excluding diaryl/α,β-unsaturated/α-hetero) is 1. The third-order valence-electron chi connectivity index (χ3n) is 2.73. The lowest BCUT2D eigenvalue weighted by atomic mass is 10.00. The van der Waals surface area contributed by atoms with Crippen LogP contribution >= 0.6 is 22.9 Å². The highest BCUT2D eigenvalue weighted by Gasteiger charge is 2.33. The largest absolute Gasteiger partial charge is 0.348 e. The highest BCUT2D eigenvalue weighted by atomic mass is 127. The minimum Gasteiger partial charge on any atom is -0.348 e. The Morgan fingerprint density at radius 3 is 2.65 bits per heavy atom. The second kappa shape index (κ2) is 5.61. The molecule has 1 amide bonds. The van der Waals surface area contributed by atoms with Crippen LogP contribution in [0.3, 0.4) is 0 Å². The van der Waals surface area contributed by atoms with Gasteiger partial charge in [0.15, 0.2) is 5.78 Å². The van der Waals surface area contributed by atoms with Gasteiger partial charge in [0.2, 0.25) is 5.91 Å². The number of carbonyl (C=O) groups excluding carboxylic acids is 2. The molecule has 0 aromatic carbocycles. The van der Waals surface area contributed by atoms with Gasteiger partial charge in [0.05, 0.1) is 29.2 Å². The van der Waals surface area contributed by atoms with E-state index in [0.29, 0.717) is 12.8 Å². The van der Waals surface area contributed by atoms with E-state index in [2.05, 4.69) is 9.97 Å². The number of rotatable bonds is 5. The summed E-state index contributed by atoms with van der Waals surface area (Å²) in [6, 6.07) is 0. The van der Waals surface area contributed by atoms with Crippen molar-refractivity contribution in [3.05, 3.63) is 18.2 Å². The molecule has 0 aliphatic rings. The molecule has 0 atom stereocenters. The van der Waals surface area contributed by atoms with Crippen LogP contribution in [0.2, 0.25) is 0 Å². The molecule has 5 nitrogen and oxygen atoms in total. The molecule has 17 heavy (non-hydrogen) atoms. The smallest absolute Gasteiger partial charge is 0.232 e. The van der Waals surface area contributed by atoms with Crippen LogP contribution in [0.1, 0.15) is 32.9 Å². The van der Waals surface area contributed by atoms with Gasteiger partial charge in [-0.3, -0.25) is 12.7 Å². The van der Waals surface area contributed by atoms with Gasteiger partial charge < -0.3 is 4.98 Å². The molecule has 1 rings (SSSR count). The number of aryl methyl sites for hydroxylation is 1. The molecule has 0 aliphatic carbocycles. The highest BCUT2D eigenvalue weighted by Crippen LogP contribution is 2.22. The number of nitrogens with zero attached hydrogens (tertiary/aromatic N) is 2. The summed E-state index contributed by atoms with van der Waals surface area (Å²) in [5.41, 5.74) is 0.162. The SMILES string of the molecule is CC(=O)C(C)(C)N(I)C(=O)CCc1cnc[nH]1. The van der Waals surface area contributed by atoms with Crippen LogP contribution in [0.15, 0.2) is 12.5 Å². The molecular formula is C11H16IN3O2. The van der Waals surface area contributed by atoms with Crippen molar-refractivity contribution in [1.29, 1.82) is 0 Å². The zero-order chi connectivity index (χ0) is 13.1. The first-order chi connectivity index (χ1) is 7.85. The molecule has 1 aromatic rings. The predicted octanol–water partition coefficient (Wildman–Crippen LogP) is 1.89. The van der Waals surface area contributed by atoms with Gasteiger partial charge in [-0.05, 0) is 27.2 Å². The first kappa shape index (κ1) is 14.1. The van der Waals surface area contributed by atoms with Crippen molar-refractivity contribution >= 4 is 34.6 Å². The zero-order valence-corrected chi connectivity index (χ0v) is 12.3. The van der Waals surface area contributed by atoms with Gasteiger partial charge in [0, 0.05) is 18.3 Å². The van der Waals surface area contributed by atoms with Crippen molar-refractivity contribution < 1.29 is 9.59 Å². The fourth-order valence-electron chi connectivity index (χ4n) is 1.21. The maximum Gasteiger partial charge on any atom is 0.232 e. The predicted molar refractivity (Wildman–Crippen MR) is 72.5 cm³/mol. The molecule has 0 unspecified atom stereocenters. The van der Waals surface area contributed by atoms with Gasteiger partial charge in [-0.1, -0.05) is 0 Å². The van der Waals surface area contributed by atoms with E-state index in [0.717, 1.165) is 5.69 Å². The summed E-state index contributed by atoms with van der Waals surface area (Å²) in [6.07, 6.45) is 4.25. The van der Waals surface area contributed by atoms with E-state index in [1.54, 1.807) is 26.4 Å². The van der Waals surface area contributed by atoms with E-state index in [-0.39, 0.29) is 11.7 Å². The average Bonchev–Trinajstić information content (AvgIpc) is 2.77. The second-order valence-corrected chi connectivity index (χ2v) is 5.33. The number of imidazole rings is 1. The van der Waals surface area contributed by atoms with Crippen molar-refractivity contribution in [2.24, 2.45) is 0 Å². The molecule has 0 aliphatic heterocycles. The number of carbonyl (C=O) groups is 2. The zero-order valence-electron chi connectivity index (χ0n) is 10.2. The molecule has 1 N–H and O–H groups in total. The van der Waals surface area contributed by atoms with Crippen LogP contribution in [0.5, 0.6) is 0 Å². The summed E-state index contributed by atoms with van der Waals surface area (Å²) in [6.45, 7) is 4.99. The number of hydrogen-bond donors (Lipinski definition) is 1. The van der Waals surface area contributed by atoms with Crippen molar-refractivity contribution in [2.45, 2.75) is 39.2 Å². The lowest BCUT2D eigenvalue weighted by Gasteiger charge is -2.31. The van der Waals surface area contributed by atoms with Gasteiger partial charge in [-0.2, -0.15) is 0 Å². The van der Waals surface area contributed by atoms with Crippen molar-refractivity contribution in [3.8, 4) is 0 Å². The highest BCUT2D eigenvalue weighted by molar-refractivity contribution is 14.1. The molecule has 6 heteroatoms. The number of ketones is 1. The number of aromatic nitrogens is 2. The van der Waals surface area contributed by atoms with Crippen LogP contribution in [0.25, 0.3) is 0 Å². The van der Waals surface area contributed by atoms with Gasteiger partial charge in [-0.25, -0.2) is 4.98 Å². The summed E-state index contributed by atoms with van der Waals surface area (Å²) in [5.74, 6) is -0.0813. The maximum atomic E-state index is 11.9. The lowest BCUT2D eigenvalue weighted by molar-refractivity contribution is -0.135. The summed E-state index contributed by atoms with van der Waals surface area (Å²) < 4.78 is 1.48. The molecule has 1 heterocycles. The van der Waals surface area contributed by atoms with Crippen LogP contribution in [-0.4, -0.2) is 30.3 Å². The van der Waals surface area contributed by atoms with Gasteiger partial charge in [0.1, 0.15) is 5.54 Å². The monoisotopic (exact) mass is 349 g/mol. The quantitative estimate of drug-likeness (QED) is 0.652. The molecule has 0 fully saturated rings. The number of amides is 1. The van der Waals surface area contributed by atoms with Crippen LogP contribution < -0.4 is 0 Å². The fourth-order valence-corrected chi connectivity index (χ4v) is 1.79. The Morgan fingerprint density at radius 1 is 1.53 bits per heavy atom. The number of H-pyrrole nitrogens is 1. The van der Waals surface area contributed by atoms with E-state index in [4.69, 9.17) is 0 Å².